The van der Waals surface area contributed by atoms with Crippen molar-refractivity contribution in [3.05, 3.63) is 11.9 Å². The number of hydrogen-bond donors (Lipinski definition) is 6. The molecule has 7 N–H and O–H groups in total. The third-order valence-corrected chi connectivity index (χ3v) is 9.34. The zero-order chi connectivity index (χ0) is 33.5. The first kappa shape index (κ1) is 34.8. The quantitative estimate of drug-likeness (QED) is 0.207. The SMILES string of the molecule is CN[C@@H](C)C(=O)N[C@H](C(=O)N1C[C@@H]2C[C@H]1C(=O)NCC(=O)N[C@H](C(N)=O)CC1CCC(CC1)NC(=O)CCc1cn2nn1)C(C)C. The molecule has 0 unspecified atom stereocenters. The minimum absolute atomic E-state index is 0.0326. The van der Waals surface area contributed by atoms with Gasteiger partial charge < -0.3 is 37.2 Å². The van der Waals surface area contributed by atoms with Gasteiger partial charge in [0.25, 0.3) is 0 Å². The largest absolute Gasteiger partial charge is 0.368 e. The normalized spacial score (nSPS) is 27.5. The molecule has 46 heavy (non-hydrogen) atoms. The molecule has 1 saturated carbocycles. The molecular weight excluding hydrogens is 596 g/mol. The molecule has 6 bridgehead atoms. The molecule has 254 valence electrons. The van der Waals surface area contributed by atoms with Crippen molar-refractivity contribution < 1.29 is 28.8 Å². The van der Waals surface area contributed by atoms with Gasteiger partial charge >= 0.3 is 0 Å². The summed E-state index contributed by atoms with van der Waals surface area (Å²) in [5.41, 5.74) is 6.22. The first-order valence-electron chi connectivity index (χ1n) is 16.2. The fraction of sp³-hybridized carbons (Fsp3) is 0.733. The summed E-state index contributed by atoms with van der Waals surface area (Å²) in [4.78, 5) is 79.5. The summed E-state index contributed by atoms with van der Waals surface area (Å²) in [6, 6.07) is -3.71. The van der Waals surface area contributed by atoms with Gasteiger partial charge in [0.15, 0.2) is 0 Å². The van der Waals surface area contributed by atoms with Gasteiger partial charge in [-0.05, 0) is 57.9 Å². The number of nitrogens with one attached hydrogen (secondary N) is 5. The van der Waals surface area contributed by atoms with Crippen molar-refractivity contribution in [1.29, 1.82) is 0 Å². The van der Waals surface area contributed by atoms with Crippen LogP contribution in [0.5, 0.6) is 0 Å². The number of likely N-dealkylation sites (tertiary alicyclic amines) is 1. The molecule has 0 spiro atoms. The second-order valence-corrected chi connectivity index (χ2v) is 13.1. The molecule has 1 aromatic heterocycles. The fourth-order valence-corrected chi connectivity index (χ4v) is 6.40. The molecule has 0 aromatic carbocycles. The zero-order valence-corrected chi connectivity index (χ0v) is 27.1. The van der Waals surface area contributed by atoms with Crippen LogP contribution in [0.25, 0.3) is 0 Å². The van der Waals surface area contributed by atoms with Gasteiger partial charge in [-0.2, -0.15) is 0 Å². The van der Waals surface area contributed by atoms with Gasteiger partial charge in [-0.3, -0.25) is 28.8 Å². The van der Waals surface area contributed by atoms with Gasteiger partial charge in [-0.15, -0.1) is 5.10 Å². The van der Waals surface area contributed by atoms with Crippen molar-refractivity contribution in [3.8, 4) is 0 Å². The highest BCUT2D eigenvalue weighted by molar-refractivity contribution is 5.95. The summed E-state index contributed by atoms with van der Waals surface area (Å²) in [6.45, 7) is 4.98. The Labute approximate surface area is 268 Å². The lowest BCUT2D eigenvalue weighted by molar-refractivity contribution is -0.142. The molecule has 2 fully saturated rings. The lowest BCUT2D eigenvalue weighted by atomic mass is 9.82. The van der Waals surface area contributed by atoms with E-state index in [1.54, 1.807) is 38.7 Å². The Bertz CT molecular complexity index is 1290. The van der Waals surface area contributed by atoms with Crippen LogP contribution in [0.1, 0.15) is 77.5 Å². The zero-order valence-electron chi connectivity index (χ0n) is 27.1. The number of aromatic nitrogens is 3. The van der Waals surface area contributed by atoms with Gasteiger partial charge in [0, 0.05) is 38.0 Å². The molecule has 4 aliphatic rings. The van der Waals surface area contributed by atoms with E-state index in [9.17, 15) is 28.8 Å². The Balaban J connectivity index is 1.58. The van der Waals surface area contributed by atoms with Crippen LogP contribution >= 0.6 is 0 Å². The molecule has 5 atom stereocenters. The van der Waals surface area contributed by atoms with Crippen molar-refractivity contribution in [2.75, 3.05) is 20.1 Å². The highest BCUT2D eigenvalue weighted by Crippen LogP contribution is 2.30. The minimum atomic E-state index is -0.972. The number of carbonyl (C=O) groups excluding carboxylic acids is 6. The smallest absolute Gasteiger partial charge is 0.246 e. The fourth-order valence-electron chi connectivity index (χ4n) is 6.40. The molecule has 1 saturated heterocycles. The third kappa shape index (κ3) is 8.79. The minimum Gasteiger partial charge on any atom is -0.368 e. The number of hydrogen-bond acceptors (Lipinski definition) is 9. The topological polar surface area (TPSA) is 223 Å². The molecule has 0 radical (unpaired) electrons. The Morgan fingerprint density at radius 1 is 1.00 bits per heavy atom. The molecule has 1 aliphatic carbocycles. The van der Waals surface area contributed by atoms with Crippen LogP contribution in [-0.2, 0) is 35.2 Å². The van der Waals surface area contributed by atoms with Gasteiger partial charge in [0.05, 0.1) is 24.3 Å². The molecule has 16 nitrogen and oxygen atoms in total. The molecule has 3 aliphatic heterocycles. The second kappa shape index (κ2) is 15.5. The molecular formula is C30H48N10O6. The Morgan fingerprint density at radius 2 is 1.72 bits per heavy atom. The van der Waals surface area contributed by atoms with Crippen LogP contribution in [0, 0.1) is 11.8 Å². The summed E-state index contributed by atoms with van der Waals surface area (Å²) in [5, 5.41) is 22.5. The van der Waals surface area contributed by atoms with E-state index in [2.05, 4.69) is 36.9 Å². The summed E-state index contributed by atoms with van der Waals surface area (Å²) in [6.07, 6.45) is 5.94. The summed E-state index contributed by atoms with van der Waals surface area (Å²) in [5.74, 6) is -2.82. The molecule has 6 amide bonds. The molecule has 16 heteroatoms. The van der Waals surface area contributed by atoms with Crippen LogP contribution in [-0.4, -0.2) is 106 Å². The number of amides is 6. The maximum absolute atomic E-state index is 14.0. The third-order valence-electron chi connectivity index (χ3n) is 9.34. The predicted molar refractivity (Wildman–Crippen MR) is 165 cm³/mol. The monoisotopic (exact) mass is 644 g/mol. The van der Waals surface area contributed by atoms with E-state index in [0.717, 1.165) is 25.7 Å². The number of likely N-dealkylation sites (N-methyl/N-ethyl adjacent to an activating group) is 1. The Hall–Kier alpha value is -4.08. The van der Waals surface area contributed by atoms with Crippen molar-refractivity contribution in [3.63, 3.8) is 0 Å². The number of nitrogens with zero attached hydrogens (tertiary/aromatic N) is 4. The van der Waals surface area contributed by atoms with E-state index in [-0.39, 0.29) is 49.1 Å². The second-order valence-electron chi connectivity index (χ2n) is 13.1. The van der Waals surface area contributed by atoms with E-state index < -0.39 is 60.4 Å². The van der Waals surface area contributed by atoms with Crippen molar-refractivity contribution in [1.82, 2.24) is 46.5 Å². The Kier molecular flexibility index (Phi) is 11.7. The van der Waals surface area contributed by atoms with Gasteiger partial charge in [-0.1, -0.05) is 19.1 Å². The molecule has 4 heterocycles. The maximum atomic E-state index is 14.0. The van der Waals surface area contributed by atoms with Crippen LogP contribution in [0.4, 0.5) is 0 Å². The number of primary amides is 1. The van der Waals surface area contributed by atoms with Crippen LogP contribution in [0.15, 0.2) is 6.20 Å². The van der Waals surface area contributed by atoms with Gasteiger partial charge in [0.1, 0.15) is 18.1 Å². The van der Waals surface area contributed by atoms with E-state index in [0.29, 0.717) is 18.5 Å². The van der Waals surface area contributed by atoms with Gasteiger partial charge in [0.2, 0.25) is 35.4 Å². The van der Waals surface area contributed by atoms with Crippen molar-refractivity contribution in [2.45, 2.75) is 108 Å². The van der Waals surface area contributed by atoms with Gasteiger partial charge in [-0.25, -0.2) is 4.68 Å². The number of carbonyl (C=O) groups is 6. The average Bonchev–Trinajstić information content (AvgIpc) is 3.68. The van der Waals surface area contributed by atoms with Crippen LogP contribution in [0.2, 0.25) is 0 Å². The summed E-state index contributed by atoms with van der Waals surface area (Å²) >= 11 is 0. The van der Waals surface area contributed by atoms with Crippen LogP contribution in [0.3, 0.4) is 0 Å². The van der Waals surface area contributed by atoms with Crippen LogP contribution < -0.4 is 32.3 Å². The molecule has 5 rings (SSSR count). The number of fused-ring (bicyclic) bond motifs is 11. The van der Waals surface area contributed by atoms with Crippen molar-refractivity contribution in [2.24, 2.45) is 17.6 Å². The van der Waals surface area contributed by atoms with Crippen molar-refractivity contribution >= 4 is 35.4 Å². The standard InChI is InChI=1S/C30H48N10O6/c1-16(2)26(36-28(44)17(3)32-4)30(46)39-15-21-12-23(39)29(45)33-13-25(42)35-22(27(31)43)11-18-5-7-19(8-6-18)34-24(41)10-9-20-14-40(21)38-37-20/h14,16-19,21-23,26,32H,5-13,15H2,1-4H3,(H2,31,43)(H,33,45)(H,34,41)(H,35,42)(H,36,44)/t17-,18?,19?,21-,22-,23-,26-/m0/s1. The maximum Gasteiger partial charge on any atom is 0.246 e. The number of aryl methyl sites for hydroxylation is 1. The Morgan fingerprint density at radius 3 is 2.37 bits per heavy atom. The number of rotatable bonds is 6. The van der Waals surface area contributed by atoms with E-state index in [1.165, 1.54) is 4.90 Å². The summed E-state index contributed by atoms with van der Waals surface area (Å²) < 4.78 is 1.60. The first-order chi connectivity index (χ1) is 21.9. The predicted octanol–water partition coefficient (Wildman–Crippen LogP) is -1.73. The van der Waals surface area contributed by atoms with E-state index in [4.69, 9.17) is 5.73 Å². The highest BCUT2D eigenvalue weighted by Gasteiger charge is 2.44. The molecule has 1 aromatic rings. The lowest BCUT2D eigenvalue weighted by Gasteiger charge is -2.31. The van der Waals surface area contributed by atoms with E-state index in [1.807, 2.05) is 0 Å². The number of nitrogens with two attached hydrogens (primary N) is 1. The summed E-state index contributed by atoms with van der Waals surface area (Å²) in [7, 11) is 1.64. The average molecular weight is 645 g/mol. The highest BCUT2D eigenvalue weighted by atomic mass is 16.2. The lowest BCUT2D eigenvalue weighted by Crippen LogP contribution is -2.57. The first-order valence-corrected chi connectivity index (χ1v) is 16.2. The van der Waals surface area contributed by atoms with E-state index >= 15 is 0 Å².